The standard InChI is InChI=1S/C20H19F3N2O3/c1-12-3-2-4-15(9-12)28-11-18(26)24-25-19(27)17-10-16(17)13-5-7-14(8-6-13)20(21,22)23/h2-9,16-17H,10-11H2,1H3,(H,24,26)(H,25,27). The summed E-state index contributed by atoms with van der Waals surface area (Å²) in [6.07, 6.45) is -3.86. The van der Waals surface area contributed by atoms with Crippen molar-refractivity contribution < 1.29 is 27.5 Å². The van der Waals surface area contributed by atoms with Gasteiger partial charge in [0, 0.05) is 5.92 Å². The monoisotopic (exact) mass is 392 g/mol. The molecule has 2 atom stereocenters. The molecule has 148 valence electrons. The van der Waals surface area contributed by atoms with Crippen LogP contribution in [0.4, 0.5) is 13.2 Å². The fourth-order valence-corrected chi connectivity index (χ4v) is 2.89. The molecule has 0 aromatic heterocycles. The number of carbonyl (C=O) groups is 2. The Morgan fingerprint density at radius 2 is 1.82 bits per heavy atom. The maximum absolute atomic E-state index is 12.6. The van der Waals surface area contributed by atoms with Gasteiger partial charge in [-0.15, -0.1) is 0 Å². The molecule has 3 rings (SSSR count). The number of alkyl halides is 3. The first-order valence-corrected chi connectivity index (χ1v) is 8.69. The molecule has 0 heterocycles. The molecule has 2 N–H and O–H groups in total. The zero-order valence-electron chi connectivity index (χ0n) is 15.0. The first-order chi connectivity index (χ1) is 13.2. The SMILES string of the molecule is Cc1cccc(OCC(=O)NNC(=O)C2CC2c2ccc(C(F)(F)F)cc2)c1. The van der Waals surface area contributed by atoms with Crippen LogP contribution >= 0.6 is 0 Å². The van der Waals surface area contributed by atoms with Crippen LogP contribution in [0.1, 0.15) is 29.0 Å². The molecule has 2 amide bonds. The number of ether oxygens (including phenoxy) is 1. The molecule has 1 saturated carbocycles. The largest absolute Gasteiger partial charge is 0.484 e. The van der Waals surface area contributed by atoms with E-state index in [0.29, 0.717) is 17.7 Å². The lowest BCUT2D eigenvalue weighted by atomic mass is 10.1. The summed E-state index contributed by atoms with van der Waals surface area (Å²) in [6, 6.07) is 12.0. The van der Waals surface area contributed by atoms with E-state index in [9.17, 15) is 22.8 Å². The van der Waals surface area contributed by atoms with Gasteiger partial charge in [-0.25, -0.2) is 0 Å². The molecule has 2 aromatic rings. The Morgan fingerprint density at radius 3 is 2.46 bits per heavy atom. The zero-order valence-corrected chi connectivity index (χ0v) is 15.0. The van der Waals surface area contributed by atoms with Gasteiger partial charge in [0.15, 0.2) is 6.61 Å². The fraction of sp³-hybridized carbons (Fsp3) is 0.300. The highest BCUT2D eigenvalue weighted by molar-refractivity contribution is 5.86. The minimum absolute atomic E-state index is 0.150. The number of benzene rings is 2. The first-order valence-electron chi connectivity index (χ1n) is 8.69. The van der Waals surface area contributed by atoms with Gasteiger partial charge in [-0.1, -0.05) is 24.3 Å². The Bertz CT molecular complexity index is 866. The van der Waals surface area contributed by atoms with E-state index in [1.165, 1.54) is 12.1 Å². The number of hydrogen-bond acceptors (Lipinski definition) is 3. The summed E-state index contributed by atoms with van der Waals surface area (Å²) in [5, 5.41) is 0. The summed E-state index contributed by atoms with van der Waals surface area (Å²) < 4.78 is 43.1. The molecule has 0 aliphatic heterocycles. The summed E-state index contributed by atoms with van der Waals surface area (Å²) in [6.45, 7) is 1.65. The van der Waals surface area contributed by atoms with E-state index in [-0.39, 0.29) is 24.3 Å². The second kappa shape index (κ2) is 7.92. The molecule has 0 bridgehead atoms. The third-order valence-electron chi connectivity index (χ3n) is 4.48. The summed E-state index contributed by atoms with van der Waals surface area (Å²) in [5.74, 6) is -0.876. The molecule has 2 unspecified atom stereocenters. The third kappa shape index (κ3) is 5.03. The van der Waals surface area contributed by atoms with Crippen LogP contribution in [0.25, 0.3) is 0 Å². The van der Waals surface area contributed by atoms with Crippen molar-refractivity contribution in [3.63, 3.8) is 0 Å². The Kier molecular flexibility index (Phi) is 5.58. The Hall–Kier alpha value is -3.03. The number of amides is 2. The molecule has 1 aliphatic rings. The van der Waals surface area contributed by atoms with Crippen LogP contribution in [0.2, 0.25) is 0 Å². The smallest absolute Gasteiger partial charge is 0.416 e. The fourth-order valence-electron chi connectivity index (χ4n) is 2.89. The second-order valence-electron chi connectivity index (χ2n) is 6.71. The van der Waals surface area contributed by atoms with E-state index in [0.717, 1.165) is 17.7 Å². The van der Waals surface area contributed by atoms with Crippen molar-refractivity contribution in [1.29, 1.82) is 0 Å². The lowest BCUT2D eigenvalue weighted by Crippen LogP contribution is -2.44. The Labute approximate surface area is 159 Å². The molecule has 1 fully saturated rings. The first kappa shape index (κ1) is 19.7. The minimum atomic E-state index is -4.39. The van der Waals surface area contributed by atoms with E-state index < -0.39 is 17.6 Å². The molecule has 0 spiro atoms. The van der Waals surface area contributed by atoms with Crippen molar-refractivity contribution in [2.24, 2.45) is 5.92 Å². The molecule has 8 heteroatoms. The van der Waals surface area contributed by atoms with Gasteiger partial charge in [0.1, 0.15) is 5.75 Å². The predicted molar refractivity (Wildman–Crippen MR) is 95.3 cm³/mol. The average molecular weight is 392 g/mol. The summed E-state index contributed by atoms with van der Waals surface area (Å²) >= 11 is 0. The van der Waals surface area contributed by atoms with Crippen LogP contribution in [0.5, 0.6) is 5.75 Å². The number of aryl methyl sites for hydroxylation is 1. The lowest BCUT2D eigenvalue weighted by Gasteiger charge is -2.09. The van der Waals surface area contributed by atoms with Gasteiger partial charge in [-0.05, 0) is 54.7 Å². The summed E-state index contributed by atoms with van der Waals surface area (Å²) in [4.78, 5) is 23.9. The third-order valence-corrected chi connectivity index (χ3v) is 4.48. The van der Waals surface area contributed by atoms with Crippen molar-refractivity contribution >= 4 is 11.8 Å². The molecule has 1 aliphatic carbocycles. The van der Waals surface area contributed by atoms with E-state index >= 15 is 0 Å². The molecule has 28 heavy (non-hydrogen) atoms. The van der Waals surface area contributed by atoms with E-state index in [4.69, 9.17) is 4.74 Å². The quantitative estimate of drug-likeness (QED) is 0.767. The number of hydrogen-bond donors (Lipinski definition) is 2. The van der Waals surface area contributed by atoms with Crippen LogP contribution in [0, 0.1) is 12.8 Å². The summed E-state index contributed by atoms with van der Waals surface area (Å²) in [7, 11) is 0. The molecule has 0 radical (unpaired) electrons. The van der Waals surface area contributed by atoms with Crippen LogP contribution in [0.15, 0.2) is 48.5 Å². The van der Waals surface area contributed by atoms with E-state index in [2.05, 4.69) is 10.9 Å². The van der Waals surface area contributed by atoms with Crippen LogP contribution in [0.3, 0.4) is 0 Å². The molecular weight excluding hydrogens is 373 g/mol. The van der Waals surface area contributed by atoms with Crippen molar-refractivity contribution in [3.8, 4) is 5.75 Å². The van der Waals surface area contributed by atoms with Gasteiger partial charge in [-0.3, -0.25) is 20.4 Å². The van der Waals surface area contributed by atoms with E-state index in [1.807, 2.05) is 13.0 Å². The number of hydrazine groups is 1. The maximum Gasteiger partial charge on any atom is 0.416 e. The van der Waals surface area contributed by atoms with Crippen molar-refractivity contribution in [3.05, 3.63) is 65.2 Å². The van der Waals surface area contributed by atoms with E-state index in [1.54, 1.807) is 18.2 Å². The van der Waals surface area contributed by atoms with Gasteiger partial charge >= 0.3 is 6.18 Å². The van der Waals surface area contributed by atoms with Gasteiger partial charge in [0.25, 0.3) is 5.91 Å². The van der Waals surface area contributed by atoms with Gasteiger partial charge in [-0.2, -0.15) is 13.2 Å². The Morgan fingerprint density at radius 1 is 1.11 bits per heavy atom. The van der Waals surface area contributed by atoms with Crippen molar-refractivity contribution in [2.75, 3.05) is 6.61 Å². The van der Waals surface area contributed by atoms with Crippen LogP contribution < -0.4 is 15.6 Å². The highest BCUT2D eigenvalue weighted by atomic mass is 19.4. The normalized spacial score (nSPS) is 18.3. The number of nitrogens with one attached hydrogen (secondary N) is 2. The van der Waals surface area contributed by atoms with Crippen molar-refractivity contribution in [2.45, 2.75) is 25.4 Å². The number of carbonyl (C=O) groups excluding carboxylic acids is 2. The Balaban J connectivity index is 1.43. The number of halogens is 3. The molecule has 0 saturated heterocycles. The highest BCUT2D eigenvalue weighted by Gasteiger charge is 2.44. The average Bonchev–Trinajstić information content (AvgIpc) is 3.45. The molecular formula is C20H19F3N2O3. The van der Waals surface area contributed by atoms with Gasteiger partial charge in [0.05, 0.1) is 5.56 Å². The summed E-state index contributed by atoms with van der Waals surface area (Å²) in [5.41, 5.74) is 5.55. The molecule has 2 aromatic carbocycles. The van der Waals surface area contributed by atoms with Crippen molar-refractivity contribution in [1.82, 2.24) is 10.9 Å². The predicted octanol–water partition coefficient (Wildman–Crippen LogP) is 3.34. The second-order valence-corrected chi connectivity index (χ2v) is 6.71. The number of rotatable bonds is 5. The van der Waals surface area contributed by atoms with Crippen LogP contribution in [-0.2, 0) is 15.8 Å². The lowest BCUT2D eigenvalue weighted by molar-refractivity contribution is -0.137. The minimum Gasteiger partial charge on any atom is -0.484 e. The zero-order chi connectivity index (χ0) is 20.3. The van der Waals surface area contributed by atoms with Crippen LogP contribution in [-0.4, -0.2) is 18.4 Å². The van der Waals surface area contributed by atoms with Gasteiger partial charge in [0.2, 0.25) is 5.91 Å². The maximum atomic E-state index is 12.6. The molecule has 5 nitrogen and oxygen atoms in total. The highest BCUT2D eigenvalue weighted by Crippen LogP contribution is 2.47. The topological polar surface area (TPSA) is 67.4 Å². The van der Waals surface area contributed by atoms with Gasteiger partial charge < -0.3 is 4.74 Å².